The number of nitrogens with one attached hydrogen (secondary N) is 1. The van der Waals surface area contributed by atoms with Crippen molar-refractivity contribution in [2.24, 2.45) is 5.92 Å². The molecule has 3 aromatic rings. The quantitative estimate of drug-likeness (QED) is 0.335. The van der Waals surface area contributed by atoms with Crippen molar-refractivity contribution in [1.82, 2.24) is 10.2 Å². The molecule has 3 rings (SSSR count). The number of methoxy groups -OCH3 is 1. The molecule has 0 bridgehead atoms. The van der Waals surface area contributed by atoms with Gasteiger partial charge in [0.15, 0.2) is 0 Å². The number of nitrogens with zero attached hydrogens (tertiary/aromatic N) is 1. The minimum Gasteiger partial charge on any atom is -0.497 e. The molecule has 1 N–H and O–H groups in total. The van der Waals surface area contributed by atoms with Crippen molar-refractivity contribution < 1.29 is 14.3 Å². The summed E-state index contributed by atoms with van der Waals surface area (Å²) in [5, 5.41) is 3.92. The lowest BCUT2D eigenvalue weighted by molar-refractivity contribution is -0.140. The van der Waals surface area contributed by atoms with E-state index in [2.05, 4.69) is 5.32 Å². The van der Waals surface area contributed by atoms with Gasteiger partial charge >= 0.3 is 0 Å². The van der Waals surface area contributed by atoms with E-state index in [1.807, 2.05) is 68.4 Å². The SMILES string of the molecule is COc1ccc(CC(=O)N(Cc2c(Cl)cccc2Cl)[C@H](Cc2ccccc2)C(=O)NCC(C)C)cc1. The maximum absolute atomic E-state index is 13.8. The van der Waals surface area contributed by atoms with Crippen LogP contribution in [0.2, 0.25) is 10.0 Å². The van der Waals surface area contributed by atoms with E-state index < -0.39 is 6.04 Å². The first-order valence-electron chi connectivity index (χ1n) is 12.0. The average Bonchev–Trinajstić information content (AvgIpc) is 2.87. The van der Waals surface area contributed by atoms with E-state index in [0.29, 0.717) is 34.3 Å². The highest BCUT2D eigenvalue weighted by atomic mass is 35.5. The first-order valence-corrected chi connectivity index (χ1v) is 12.7. The number of hydrogen-bond acceptors (Lipinski definition) is 3. The van der Waals surface area contributed by atoms with Crippen molar-refractivity contribution in [3.63, 3.8) is 0 Å². The van der Waals surface area contributed by atoms with Gasteiger partial charge < -0.3 is 15.0 Å². The number of carbonyl (C=O) groups excluding carboxylic acids is 2. The molecule has 0 aliphatic rings. The third kappa shape index (κ3) is 7.74. The normalized spacial score (nSPS) is 11.7. The van der Waals surface area contributed by atoms with E-state index >= 15 is 0 Å². The summed E-state index contributed by atoms with van der Waals surface area (Å²) in [6.45, 7) is 4.68. The molecule has 0 spiro atoms. The number of hydrogen-bond donors (Lipinski definition) is 1. The zero-order valence-corrected chi connectivity index (χ0v) is 22.4. The average molecular weight is 527 g/mol. The van der Waals surface area contributed by atoms with Crippen LogP contribution in [-0.4, -0.2) is 36.4 Å². The minimum absolute atomic E-state index is 0.111. The maximum atomic E-state index is 13.8. The molecule has 0 saturated heterocycles. The predicted molar refractivity (Wildman–Crippen MR) is 145 cm³/mol. The standard InChI is InChI=1S/C29H32Cl2N2O3/c1-20(2)18-32-29(35)27(16-21-8-5-4-6-9-21)33(19-24-25(30)10-7-11-26(24)31)28(34)17-22-12-14-23(36-3)15-13-22/h4-15,20,27H,16-19H2,1-3H3,(H,32,35)/t27-/m1/s1. The van der Waals surface area contributed by atoms with Gasteiger partial charge in [-0.05, 0) is 41.3 Å². The Morgan fingerprint density at radius 1 is 0.889 bits per heavy atom. The van der Waals surface area contributed by atoms with Gasteiger partial charge in [-0.1, -0.05) is 85.6 Å². The zero-order valence-electron chi connectivity index (χ0n) is 20.8. The molecule has 0 unspecified atom stereocenters. The largest absolute Gasteiger partial charge is 0.497 e. The van der Waals surface area contributed by atoms with Crippen LogP contribution in [0.15, 0.2) is 72.8 Å². The molecule has 7 heteroatoms. The summed E-state index contributed by atoms with van der Waals surface area (Å²) in [7, 11) is 1.60. The second-order valence-electron chi connectivity index (χ2n) is 9.09. The second kappa shape index (κ2) is 13.3. The van der Waals surface area contributed by atoms with Crippen LogP contribution in [0.3, 0.4) is 0 Å². The molecule has 0 saturated carbocycles. The number of rotatable bonds is 11. The smallest absolute Gasteiger partial charge is 0.243 e. The van der Waals surface area contributed by atoms with E-state index in [4.69, 9.17) is 27.9 Å². The number of amides is 2. The van der Waals surface area contributed by atoms with Gasteiger partial charge in [-0.3, -0.25) is 9.59 Å². The van der Waals surface area contributed by atoms with Crippen molar-refractivity contribution in [2.75, 3.05) is 13.7 Å². The Bertz CT molecular complexity index is 1130. The summed E-state index contributed by atoms with van der Waals surface area (Å²) < 4.78 is 5.23. The highest BCUT2D eigenvalue weighted by molar-refractivity contribution is 6.36. The molecule has 1 atom stereocenters. The van der Waals surface area contributed by atoms with Crippen LogP contribution in [0, 0.1) is 5.92 Å². The predicted octanol–water partition coefficient (Wildman–Crippen LogP) is 5.96. The Morgan fingerprint density at radius 2 is 1.53 bits per heavy atom. The molecule has 5 nitrogen and oxygen atoms in total. The van der Waals surface area contributed by atoms with E-state index in [1.54, 1.807) is 30.2 Å². The molecule has 36 heavy (non-hydrogen) atoms. The summed E-state index contributed by atoms with van der Waals surface area (Å²) in [4.78, 5) is 28.9. The third-order valence-corrected chi connectivity index (χ3v) is 6.57. The molecule has 0 aliphatic heterocycles. The summed E-state index contributed by atoms with van der Waals surface area (Å²) in [5.74, 6) is 0.573. The van der Waals surface area contributed by atoms with Crippen LogP contribution < -0.4 is 10.1 Å². The molecule has 0 aromatic heterocycles. The van der Waals surface area contributed by atoms with Gasteiger partial charge in [-0.15, -0.1) is 0 Å². The first kappa shape index (κ1) is 27.6. The van der Waals surface area contributed by atoms with Crippen LogP contribution in [0.4, 0.5) is 0 Å². The van der Waals surface area contributed by atoms with E-state index in [-0.39, 0.29) is 30.7 Å². The molecule has 0 aliphatic carbocycles. The van der Waals surface area contributed by atoms with Gasteiger partial charge in [0.1, 0.15) is 11.8 Å². The molecular weight excluding hydrogens is 495 g/mol. The molecular formula is C29H32Cl2N2O3. The monoisotopic (exact) mass is 526 g/mol. The molecule has 0 heterocycles. The van der Waals surface area contributed by atoms with E-state index in [1.165, 1.54) is 0 Å². The summed E-state index contributed by atoms with van der Waals surface area (Å²) in [6, 6.07) is 21.5. The van der Waals surface area contributed by atoms with Crippen LogP contribution in [-0.2, 0) is 29.0 Å². The topological polar surface area (TPSA) is 58.6 Å². The van der Waals surface area contributed by atoms with Crippen molar-refractivity contribution in [2.45, 2.75) is 39.3 Å². The molecule has 2 amide bonds. The Balaban J connectivity index is 1.99. The van der Waals surface area contributed by atoms with Gasteiger partial charge in [0.05, 0.1) is 13.5 Å². The van der Waals surface area contributed by atoms with Gasteiger partial charge in [-0.25, -0.2) is 0 Å². The maximum Gasteiger partial charge on any atom is 0.243 e. The molecule has 0 fully saturated rings. The highest BCUT2D eigenvalue weighted by Crippen LogP contribution is 2.27. The fourth-order valence-corrected chi connectivity index (χ4v) is 4.37. The van der Waals surface area contributed by atoms with Crippen molar-refractivity contribution >= 4 is 35.0 Å². The Morgan fingerprint density at radius 3 is 2.11 bits per heavy atom. The number of halogens is 2. The lowest BCUT2D eigenvalue weighted by Gasteiger charge is -2.32. The van der Waals surface area contributed by atoms with Crippen molar-refractivity contribution in [1.29, 1.82) is 0 Å². The lowest BCUT2D eigenvalue weighted by Crippen LogP contribution is -2.51. The van der Waals surface area contributed by atoms with Crippen LogP contribution >= 0.6 is 23.2 Å². The molecule has 3 aromatic carbocycles. The van der Waals surface area contributed by atoms with Gasteiger partial charge in [0.2, 0.25) is 11.8 Å². The summed E-state index contributed by atoms with van der Waals surface area (Å²) in [6.07, 6.45) is 0.482. The lowest BCUT2D eigenvalue weighted by atomic mass is 10.0. The summed E-state index contributed by atoms with van der Waals surface area (Å²) in [5.41, 5.74) is 2.38. The third-order valence-electron chi connectivity index (χ3n) is 5.86. The van der Waals surface area contributed by atoms with E-state index in [0.717, 1.165) is 11.1 Å². The highest BCUT2D eigenvalue weighted by Gasteiger charge is 2.31. The molecule has 190 valence electrons. The fraction of sp³-hybridized carbons (Fsp3) is 0.310. The Kier molecular flexibility index (Phi) is 10.2. The van der Waals surface area contributed by atoms with Crippen LogP contribution in [0.5, 0.6) is 5.75 Å². The number of benzene rings is 3. The number of carbonyl (C=O) groups is 2. The van der Waals surface area contributed by atoms with Crippen LogP contribution in [0.1, 0.15) is 30.5 Å². The van der Waals surface area contributed by atoms with Gasteiger partial charge in [0.25, 0.3) is 0 Å². The van der Waals surface area contributed by atoms with Gasteiger partial charge in [0, 0.05) is 35.1 Å². The number of ether oxygens (including phenoxy) is 1. The Labute approximate surface area is 223 Å². The second-order valence-corrected chi connectivity index (χ2v) is 9.91. The van der Waals surface area contributed by atoms with Crippen molar-refractivity contribution in [3.05, 3.63) is 99.5 Å². The minimum atomic E-state index is -0.746. The van der Waals surface area contributed by atoms with Crippen molar-refractivity contribution in [3.8, 4) is 5.75 Å². The van der Waals surface area contributed by atoms with E-state index in [9.17, 15) is 9.59 Å². The van der Waals surface area contributed by atoms with Gasteiger partial charge in [-0.2, -0.15) is 0 Å². The van der Waals surface area contributed by atoms with Crippen LogP contribution in [0.25, 0.3) is 0 Å². The fourth-order valence-electron chi connectivity index (χ4n) is 3.85. The molecule has 0 radical (unpaired) electrons. The summed E-state index contributed by atoms with van der Waals surface area (Å²) >= 11 is 13.0. The Hall–Kier alpha value is -3.02. The zero-order chi connectivity index (χ0) is 26.1. The first-order chi connectivity index (χ1) is 17.3.